The Kier molecular flexibility index (Phi) is 5.08. The van der Waals surface area contributed by atoms with E-state index in [0.29, 0.717) is 0 Å². The summed E-state index contributed by atoms with van der Waals surface area (Å²) in [6, 6.07) is 19.5. The highest BCUT2D eigenvalue weighted by Crippen LogP contribution is 2.35. The van der Waals surface area contributed by atoms with E-state index >= 15 is 0 Å². The number of hydrogen-bond acceptors (Lipinski definition) is 3. The zero-order chi connectivity index (χ0) is 22.3. The molecule has 0 aliphatic heterocycles. The van der Waals surface area contributed by atoms with Gasteiger partial charge in [0.25, 0.3) is 5.69 Å². The summed E-state index contributed by atoms with van der Waals surface area (Å²) >= 11 is 0. The van der Waals surface area contributed by atoms with Crippen molar-refractivity contribution in [1.29, 1.82) is 0 Å². The molecule has 0 bridgehead atoms. The predicted molar refractivity (Wildman–Crippen MR) is 132 cm³/mol. The van der Waals surface area contributed by atoms with Crippen LogP contribution in [-0.4, -0.2) is 31.7 Å². The molecule has 3 aromatic carbocycles. The summed E-state index contributed by atoms with van der Waals surface area (Å²) in [5, 5.41) is 13.5. The van der Waals surface area contributed by atoms with Gasteiger partial charge in [0.1, 0.15) is 8.07 Å². The lowest BCUT2D eigenvalue weighted by molar-refractivity contribution is -0.384. The molecule has 5 nitrogen and oxygen atoms in total. The molecule has 0 radical (unpaired) electrons. The molecule has 0 saturated heterocycles. The van der Waals surface area contributed by atoms with Crippen molar-refractivity contribution in [3.8, 4) is 17.2 Å². The molecule has 156 valence electrons. The molecule has 0 aliphatic rings. The highest BCUT2D eigenvalue weighted by Gasteiger charge is 2.17. The van der Waals surface area contributed by atoms with E-state index in [0.717, 1.165) is 38.7 Å². The molecule has 0 aliphatic carbocycles. The molecule has 0 N–H and O–H groups in total. The van der Waals surface area contributed by atoms with Gasteiger partial charge in [-0.05, 0) is 42.5 Å². The summed E-state index contributed by atoms with van der Waals surface area (Å²) in [5.41, 5.74) is 8.32. The molecule has 0 fully saturated rings. The van der Waals surface area contributed by atoms with Gasteiger partial charge in [-0.1, -0.05) is 31.6 Å². The van der Waals surface area contributed by atoms with E-state index in [1.165, 1.54) is 0 Å². The minimum atomic E-state index is -1.45. The Morgan fingerprint density at radius 2 is 1.52 bits per heavy atom. The van der Waals surface area contributed by atoms with Gasteiger partial charge >= 0.3 is 0 Å². The van der Waals surface area contributed by atoms with Gasteiger partial charge in [-0.15, -0.1) is 5.54 Å². The number of hydrogen-bond donors (Lipinski definition) is 0. The maximum Gasteiger partial charge on any atom is 0.271 e. The molecule has 6 heteroatoms. The van der Waals surface area contributed by atoms with Crippen LogP contribution >= 0.6 is 0 Å². The van der Waals surface area contributed by atoms with Crippen molar-refractivity contribution in [2.24, 2.45) is 0 Å². The highest BCUT2D eigenvalue weighted by atomic mass is 28.3. The fourth-order valence-electron chi connectivity index (χ4n) is 3.62. The number of nitro benzene ring substituents is 1. The third kappa shape index (κ3) is 4.05. The first-order chi connectivity index (χ1) is 14.6. The zero-order valence-corrected chi connectivity index (χ0v) is 19.4. The van der Waals surface area contributed by atoms with Crippen molar-refractivity contribution in [3.63, 3.8) is 0 Å². The van der Waals surface area contributed by atoms with Gasteiger partial charge in [-0.2, -0.15) is 0 Å². The van der Waals surface area contributed by atoms with E-state index < -0.39 is 8.07 Å². The number of nitro groups is 1. The van der Waals surface area contributed by atoms with Crippen LogP contribution in [0.5, 0.6) is 0 Å². The average molecular weight is 428 g/mol. The van der Waals surface area contributed by atoms with E-state index in [2.05, 4.69) is 58.8 Å². The summed E-state index contributed by atoms with van der Waals surface area (Å²) in [5.74, 6) is 3.29. The fraction of sp³-hybridized carbons (Fsp3) is 0.200. The lowest BCUT2D eigenvalue weighted by Crippen LogP contribution is -2.16. The lowest BCUT2D eigenvalue weighted by Gasteiger charge is -2.14. The van der Waals surface area contributed by atoms with Crippen LogP contribution in [0.4, 0.5) is 11.4 Å². The smallest absolute Gasteiger partial charge is 0.271 e. The van der Waals surface area contributed by atoms with E-state index in [1.54, 1.807) is 12.1 Å². The number of fused-ring (bicyclic) bond motifs is 3. The molecule has 0 saturated carbocycles. The topological polar surface area (TPSA) is 51.3 Å². The van der Waals surface area contributed by atoms with Crippen molar-refractivity contribution < 1.29 is 4.92 Å². The first-order valence-electron chi connectivity index (χ1n) is 10.2. The minimum Gasteiger partial charge on any atom is -0.378 e. The maximum absolute atomic E-state index is 11.4. The summed E-state index contributed by atoms with van der Waals surface area (Å²) in [6.07, 6.45) is 0. The number of rotatable bonds is 3. The molecule has 0 spiro atoms. The normalized spacial score (nSPS) is 11.4. The van der Waals surface area contributed by atoms with Crippen LogP contribution in [0, 0.1) is 21.6 Å². The van der Waals surface area contributed by atoms with Crippen LogP contribution in [0.1, 0.15) is 5.56 Å². The van der Waals surface area contributed by atoms with E-state index in [4.69, 9.17) is 0 Å². The standard InChI is InChI=1S/C25H25N3O2Si/c1-26(2)20-10-12-22-23-13-11-21(28(29)30)17-25(23)27(24(22)16-20)19-8-6-18(7-9-19)14-15-31(3,4)5/h6-13,16-17H,1-5H3. The second-order valence-corrected chi connectivity index (χ2v) is 13.7. The van der Waals surface area contributed by atoms with E-state index in [1.807, 2.05) is 44.4 Å². The number of non-ortho nitro benzene ring substituents is 1. The van der Waals surface area contributed by atoms with Crippen LogP contribution in [0.25, 0.3) is 27.5 Å². The van der Waals surface area contributed by atoms with Crippen LogP contribution in [0.3, 0.4) is 0 Å². The first-order valence-corrected chi connectivity index (χ1v) is 13.7. The third-order valence-electron chi connectivity index (χ3n) is 5.17. The Morgan fingerprint density at radius 3 is 2.10 bits per heavy atom. The lowest BCUT2D eigenvalue weighted by atomic mass is 10.1. The summed E-state index contributed by atoms with van der Waals surface area (Å²) < 4.78 is 2.10. The van der Waals surface area contributed by atoms with Gasteiger partial charge in [0.05, 0.1) is 16.0 Å². The van der Waals surface area contributed by atoms with Gasteiger partial charge in [0.2, 0.25) is 0 Å². The maximum atomic E-state index is 11.4. The quantitative estimate of drug-likeness (QED) is 0.175. The van der Waals surface area contributed by atoms with Gasteiger partial charge in [-0.25, -0.2) is 0 Å². The second-order valence-electron chi connectivity index (χ2n) is 8.94. The molecule has 4 aromatic rings. The molecule has 4 rings (SSSR count). The Hall–Kier alpha value is -3.56. The van der Waals surface area contributed by atoms with Crippen molar-refractivity contribution in [3.05, 3.63) is 76.3 Å². The number of aromatic nitrogens is 1. The van der Waals surface area contributed by atoms with Crippen LogP contribution < -0.4 is 4.90 Å². The number of anilines is 1. The Bertz CT molecular complexity index is 1370. The van der Waals surface area contributed by atoms with Crippen LogP contribution in [-0.2, 0) is 0 Å². The Morgan fingerprint density at radius 1 is 0.903 bits per heavy atom. The predicted octanol–water partition coefficient (Wildman–Crippen LogP) is 5.99. The minimum absolute atomic E-state index is 0.0852. The van der Waals surface area contributed by atoms with Crippen molar-refractivity contribution in [2.75, 3.05) is 19.0 Å². The molecular formula is C25H25N3O2Si. The van der Waals surface area contributed by atoms with Crippen LogP contribution in [0.2, 0.25) is 19.6 Å². The molecule has 31 heavy (non-hydrogen) atoms. The summed E-state index contributed by atoms with van der Waals surface area (Å²) in [7, 11) is 2.56. The first kappa shape index (κ1) is 20.7. The summed E-state index contributed by atoms with van der Waals surface area (Å²) in [4.78, 5) is 13.1. The molecule has 0 unspecified atom stereocenters. The Labute approximate surface area is 183 Å². The van der Waals surface area contributed by atoms with Crippen molar-refractivity contribution in [2.45, 2.75) is 19.6 Å². The number of nitrogens with zero attached hydrogens (tertiary/aromatic N) is 3. The van der Waals surface area contributed by atoms with Crippen molar-refractivity contribution in [1.82, 2.24) is 4.57 Å². The van der Waals surface area contributed by atoms with Gasteiger partial charge in [0.15, 0.2) is 0 Å². The third-order valence-corrected chi connectivity index (χ3v) is 6.04. The zero-order valence-electron chi connectivity index (χ0n) is 18.4. The largest absolute Gasteiger partial charge is 0.378 e. The summed E-state index contributed by atoms with van der Waals surface area (Å²) in [6.45, 7) is 6.67. The second kappa shape index (κ2) is 7.60. The molecular weight excluding hydrogens is 402 g/mol. The van der Waals surface area contributed by atoms with Gasteiger partial charge < -0.3 is 9.47 Å². The van der Waals surface area contributed by atoms with Gasteiger partial charge in [-0.3, -0.25) is 10.1 Å². The van der Waals surface area contributed by atoms with E-state index in [-0.39, 0.29) is 10.6 Å². The Balaban J connectivity index is 1.97. The van der Waals surface area contributed by atoms with Gasteiger partial charge in [0, 0.05) is 53.9 Å². The highest BCUT2D eigenvalue weighted by molar-refractivity contribution is 6.83. The van der Waals surface area contributed by atoms with E-state index in [9.17, 15) is 10.1 Å². The molecule has 0 atom stereocenters. The van der Waals surface area contributed by atoms with Crippen molar-refractivity contribution >= 4 is 41.3 Å². The SMILES string of the molecule is CN(C)c1ccc2c3ccc([N+](=O)[O-])cc3n(-c3ccc(C#C[Si](C)(C)C)cc3)c2c1. The molecule has 1 heterocycles. The van der Waals surface area contributed by atoms with Crippen LogP contribution in [0.15, 0.2) is 60.7 Å². The number of benzene rings is 3. The average Bonchev–Trinajstić information content (AvgIpc) is 3.05. The molecule has 1 aromatic heterocycles. The monoisotopic (exact) mass is 427 g/mol. The molecule has 0 amide bonds. The fourth-order valence-corrected chi connectivity index (χ4v) is 4.14.